The van der Waals surface area contributed by atoms with E-state index in [4.69, 9.17) is 0 Å². The summed E-state index contributed by atoms with van der Waals surface area (Å²) in [5.41, 5.74) is 1.03. The van der Waals surface area contributed by atoms with E-state index in [1.807, 2.05) is 39.2 Å². The van der Waals surface area contributed by atoms with Gasteiger partial charge in [0.15, 0.2) is 0 Å². The lowest BCUT2D eigenvalue weighted by atomic mass is 10.1. The van der Waals surface area contributed by atoms with Gasteiger partial charge in [-0.15, -0.1) is 0 Å². The van der Waals surface area contributed by atoms with E-state index in [2.05, 4.69) is 10.3 Å². The molecule has 0 fully saturated rings. The van der Waals surface area contributed by atoms with Crippen LogP contribution < -0.4 is 5.32 Å². The van der Waals surface area contributed by atoms with Crippen LogP contribution in [0.5, 0.6) is 0 Å². The number of hydrogen-bond acceptors (Lipinski definition) is 3. The molecule has 1 amide bonds. The third-order valence-corrected chi connectivity index (χ3v) is 3.10. The maximum atomic E-state index is 12.2. The predicted molar refractivity (Wildman–Crippen MR) is 73.3 cm³/mol. The van der Waals surface area contributed by atoms with E-state index < -0.39 is 0 Å². The van der Waals surface area contributed by atoms with Crippen LogP contribution in [-0.4, -0.2) is 43.0 Å². The molecule has 4 nitrogen and oxygen atoms in total. The van der Waals surface area contributed by atoms with Crippen molar-refractivity contribution in [3.8, 4) is 0 Å². The number of carbonyl (C=O) groups is 1. The SMILES string of the molecule is CCC(CNC)C(=O)N(C)CCc1ccccn1. The maximum Gasteiger partial charge on any atom is 0.226 e. The minimum absolute atomic E-state index is 0.0729. The van der Waals surface area contributed by atoms with Gasteiger partial charge in [0.25, 0.3) is 0 Å². The highest BCUT2D eigenvalue weighted by Gasteiger charge is 2.19. The number of nitrogens with one attached hydrogen (secondary N) is 1. The molecule has 1 rings (SSSR count). The number of pyridine rings is 1. The average Bonchev–Trinajstić information content (AvgIpc) is 2.42. The summed E-state index contributed by atoms with van der Waals surface area (Å²) in [4.78, 5) is 18.2. The molecule has 0 bridgehead atoms. The van der Waals surface area contributed by atoms with Crippen LogP contribution >= 0.6 is 0 Å². The summed E-state index contributed by atoms with van der Waals surface area (Å²) < 4.78 is 0. The molecule has 0 saturated carbocycles. The summed E-state index contributed by atoms with van der Waals surface area (Å²) in [6.07, 6.45) is 3.46. The largest absolute Gasteiger partial charge is 0.345 e. The van der Waals surface area contributed by atoms with Gasteiger partial charge in [-0.1, -0.05) is 13.0 Å². The van der Waals surface area contributed by atoms with Crippen molar-refractivity contribution in [3.63, 3.8) is 0 Å². The second-order valence-electron chi connectivity index (χ2n) is 4.49. The molecule has 1 N–H and O–H groups in total. The Labute approximate surface area is 109 Å². The van der Waals surface area contributed by atoms with E-state index in [9.17, 15) is 4.79 Å². The number of hydrogen-bond donors (Lipinski definition) is 1. The van der Waals surface area contributed by atoms with Crippen LogP contribution in [0, 0.1) is 5.92 Å². The molecule has 0 spiro atoms. The third kappa shape index (κ3) is 4.45. The van der Waals surface area contributed by atoms with Crippen molar-refractivity contribution in [2.24, 2.45) is 5.92 Å². The smallest absolute Gasteiger partial charge is 0.226 e. The van der Waals surface area contributed by atoms with Crippen LogP contribution in [0.15, 0.2) is 24.4 Å². The summed E-state index contributed by atoms with van der Waals surface area (Å²) in [6, 6.07) is 5.86. The van der Waals surface area contributed by atoms with Crippen LogP contribution in [-0.2, 0) is 11.2 Å². The van der Waals surface area contributed by atoms with Gasteiger partial charge in [-0.3, -0.25) is 9.78 Å². The molecule has 1 heterocycles. The first-order valence-corrected chi connectivity index (χ1v) is 6.48. The van der Waals surface area contributed by atoms with Gasteiger partial charge < -0.3 is 10.2 Å². The normalized spacial score (nSPS) is 12.2. The van der Waals surface area contributed by atoms with E-state index in [0.29, 0.717) is 0 Å². The van der Waals surface area contributed by atoms with Crippen LogP contribution in [0.4, 0.5) is 0 Å². The zero-order valence-electron chi connectivity index (χ0n) is 11.5. The fraction of sp³-hybridized carbons (Fsp3) is 0.571. The predicted octanol–water partition coefficient (Wildman–Crippen LogP) is 1.33. The lowest BCUT2D eigenvalue weighted by Crippen LogP contribution is -2.38. The van der Waals surface area contributed by atoms with Gasteiger partial charge in [-0.25, -0.2) is 0 Å². The molecule has 100 valence electrons. The Hall–Kier alpha value is -1.42. The first-order chi connectivity index (χ1) is 8.69. The van der Waals surface area contributed by atoms with E-state index in [0.717, 1.165) is 31.6 Å². The second kappa shape index (κ2) is 7.82. The van der Waals surface area contributed by atoms with Gasteiger partial charge in [-0.05, 0) is 25.6 Å². The Balaban J connectivity index is 2.44. The molecule has 0 aliphatic heterocycles. The van der Waals surface area contributed by atoms with Crippen molar-refractivity contribution in [3.05, 3.63) is 30.1 Å². The van der Waals surface area contributed by atoms with Crippen molar-refractivity contribution < 1.29 is 4.79 Å². The van der Waals surface area contributed by atoms with Crippen molar-refractivity contribution in [1.29, 1.82) is 0 Å². The molecule has 0 aliphatic rings. The molecule has 1 unspecified atom stereocenters. The highest BCUT2D eigenvalue weighted by molar-refractivity contribution is 5.78. The number of rotatable bonds is 7. The minimum atomic E-state index is 0.0729. The van der Waals surface area contributed by atoms with Crippen LogP contribution in [0.3, 0.4) is 0 Å². The number of amides is 1. The lowest BCUT2D eigenvalue weighted by molar-refractivity contribution is -0.134. The molecular formula is C14H23N3O. The zero-order chi connectivity index (χ0) is 13.4. The number of carbonyl (C=O) groups excluding carboxylic acids is 1. The highest BCUT2D eigenvalue weighted by atomic mass is 16.2. The summed E-state index contributed by atoms with van der Waals surface area (Å²) in [5, 5.41) is 3.07. The molecule has 0 saturated heterocycles. The van der Waals surface area contributed by atoms with Crippen LogP contribution in [0.1, 0.15) is 19.0 Å². The Morgan fingerprint density at radius 3 is 2.83 bits per heavy atom. The summed E-state index contributed by atoms with van der Waals surface area (Å²) in [7, 11) is 3.74. The molecular weight excluding hydrogens is 226 g/mol. The van der Waals surface area contributed by atoms with Crippen molar-refractivity contribution in [1.82, 2.24) is 15.2 Å². The topological polar surface area (TPSA) is 45.2 Å². The van der Waals surface area contributed by atoms with Gasteiger partial charge in [0.2, 0.25) is 5.91 Å². The molecule has 0 aromatic carbocycles. The quantitative estimate of drug-likeness (QED) is 0.793. The fourth-order valence-electron chi connectivity index (χ4n) is 1.90. The lowest BCUT2D eigenvalue weighted by Gasteiger charge is -2.22. The summed E-state index contributed by atoms with van der Waals surface area (Å²) in [5.74, 6) is 0.284. The zero-order valence-corrected chi connectivity index (χ0v) is 11.5. The molecule has 4 heteroatoms. The fourth-order valence-corrected chi connectivity index (χ4v) is 1.90. The number of nitrogens with zero attached hydrogens (tertiary/aromatic N) is 2. The molecule has 1 atom stereocenters. The Morgan fingerprint density at radius 1 is 1.50 bits per heavy atom. The van der Waals surface area contributed by atoms with Gasteiger partial charge in [0, 0.05) is 38.4 Å². The Kier molecular flexibility index (Phi) is 6.36. The van der Waals surface area contributed by atoms with Crippen molar-refractivity contribution >= 4 is 5.91 Å². The Morgan fingerprint density at radius 2 is 2.28 bits per heavy atom. The first-order valence-electron chi connectivity index (χ1n) is 6.48. The van der Waals surface area contributed by atoms with Crippen LogP contribution in [0.2, 0.25) is 0 Å². The second-order valence-corrected chi connectivity index (χ2v) is 4.49. The van der Waals surface area contributed by atoms with Crippen molar-refractivity contribution in [2.75, 3.05) is 27.2 Å². The Bertz CT molecular complexity index is 353. The molecule has 1 aromatic rings. The molecule has 1 aromatic heterocycles. The molecule has 18 heavy (non-hydrogen) atoms. The molecule has 0 radical (unpaired) electrons. The maximum absolute atomic E-state index is 12.2. The average molecular weight is 249 g/mol. The standard InChI is InChI=1S/C14H23N3O/c1-4-12(11-15-2)14(18)17(3)10-8-13-7-5-6-9-16-13/h5-7,9,12,15H,4,8,10-11H2,1-3H3. The van der Waals surface area contributed by atoms with Gasteiger partial charge in [0.05, 0.1) is 5.92 Å². The van der Waals surface area contributed by atoms with E-state index >= 15 is 0 Å². The van der Waals surface area contributed by atoms with Gasteiger partial charge in [-0.2, -0.15) is 0 Å². The third-order valence-electron chi connectivity index (χ3n) is 3.10. The van der Waals surface area contributed by atoms with Gasteiger partial charge >= 0.3 is 0 Å². The van der Waals surface area contributed by atoms with Crippen molar-refractivity contribution in [2.45, 2.75) is 19.8 Å². The highest BCUT2D eigenvalue weighted by Crippen LogP contribution is 2.06. The van der Waals surface area contributed by atoms with Gasteiger partial charge in [0.1, 0.15) is 0 Å². The van der Waals surface area contributed by atoms with E-state index in [1.165, 1.54) is 0 Å². The molecule has 0 aliphatic carbocycles. The summed E-state index contributed by atoms with van der Waals surface area (Å²) >= 11 is 0. The first kappa shape index (κ1) is 14.6. The number of aromatic nitrogens is 1. The summed E-state index contributed by atoms with van der Waals surface area (Å²) in [6.45, 7) is 3.51. The van der Waals surface area contributed by atoms with E-state index in [1.54, 1.807) is 11.1 Å². The monoisotopic (exact) mass is 249 g/mol. The minimum Gasteiger partial charge on any atom is -0.345 e. The van der Waals surface area contributed by atoms with E-state index in [-0.39, 0.29) is 11.8 Å². The number of likely N-dealkylation sites (N-methyl/N-ethyl adjacent to an activating group) is 1. The van der Waals surface area contributed by atoms with Crippen LogP contribution in [0.25, 0.3) is 0 Å².